The molecular weight excluding hydrogens is 268 g/mol. The second-order valence-corrected chi connectivity index (χ2v) is 6.83. The predicted octanol–water partition coefficient (Wildman–Crippen LogP) is 4.74. The fraction of sp³-hybridized carbons (Fsp3) is 0.550. The van der Waals surface area contributed by atoms with Gasteiger partial charge in [-0.1, -0.05) is 26.8 Å². The molecule has 1 heterocycles. The van der Waals surface area contributed by atoms with Crippen LogP contribution in [-0.4, -0.2) is 11.5 Å². The molecule has 0 bridgehead atoms. The minimum atomic E-state index is 0.567. The second-order valence-electron chi connectivity index (χ2n) is 6.83. The highest BCUT2D eigenvalue weighted by molar-refractivity contribution is 5.84. The van der Waals surface area contributed by atoms with E-state index < -0.39 is 0 Å². The Hall–Kier alpha value is -1.41. The molecule has 2 nitrogen and oxygen atoms in total. The summed E-state index contributed by atoms with van der Waals surface area (Å²) in [5.41, 5.74) is 6.99. The number of pyridine rings is 1. The smallest absolute Gasteiger partial charge is 0.0708 e. The van der Waals surface area contributed by atoms with Gasteiger partial charge in [0.05, 0.1) is 5.52 Å². The number of aryl methyl sites for hydroxylation is 1. The summed E-state index contributed by atoms with van der Waals surface area (Å²) in [7, 11) is 0. The Labute approximate surface area is 134 Å². The molecule has 1 aromatic heterocycles. The van der Waals surface area contributed by atoms with Crippen LogP contribution >= 0.6 is 0 Å². The van der Waals surface area contributed by atoms with Crippen molar-refractivity contribution in [1.29, 1.82) is 0 Å². The van der Waals surface area contributed by atoms with Crippen molar-refractivity contribution in [1.82, 2.24) is 10.3 Å². The lowest BCUT2D eigenvalue weighted by atomic mass is 9.88. The van der Waals surface area contributed by atoms with Crippen molar-refractivity contribution in [2.45, 2.75) is 65.3 Å². The molecule has 1 N–H and O–H groups in total. The van der Waals surface area contributed by atoms with Gasteiger partial charge in [-0.15, -0.1) is 0 Å². The molecule has 0 spiro atoms. The van der Waals surface area contributed by atoms with Gasteiger partial charge in [0.1, 0.15) is 0 Å². The third-order valence-corrected chi connectivity index (χ3v) is 4.80. The molecule has 0 atom stereocenters. The standard InChI is InChI=1S/C20H28N2/c1-4-11-21-13-18-16-7-5-6-8-19(16)22-20-10-9-15(14(2)3)12-17(18)20/h9-10,12,14,21H,4-8,11,13H2,1-3H3. The molecule has 0 aliphatic heterocycles. The monoisotopic (exact) mass is 296 g/mol. The van der Waals surface area contributed by atoms with Crippen LogP contribution in [0.15, 0.2) is 18.2 Å². The molecule has 2 heteroatoms. The Balaban J connectivity index is 2.12. The first-order chi connectivity index (χ1) is 10.7. The molecule has 22 heavy (non-hydrogen) atoms. The molecule has 0 radical (unpaired) electrons. The molecule has 1 aromatic carbocycles. The lowest BCUT2D eigenvalue weighted by molar-refractivity contribution is 0.640. The van der Waals surface area contributed by atoms with Gasteiger partial charge >= 0.3 is 0 Å². The van der Waals surface area contributed by atoms with E-state index >= 15 is 0 Å². The number of hydrogen-bond donors (Lipinski definition) is 1. The van der Waals surface area contributed by atoms with E-state index in [1.54, 1.807) is 0 Å². The summed E-state index contributed by atoms with van der Waals surface area (Å²) in [6.07, 6.45) is 6.13. The van der Waals surface area contributed by atoms with Gasteiger partial charge in [-0.2, -0.15) is 0 Å². The molecule has 3 rings (SSSR count). The summed E-state index contributed by atoms with van der Waals surface area (Å²) in [5, 5.41) is 4.99. The maximum Gasteiger partial charge on any atom is 0.0708 e. The number of hydrogen-bond acceptors (Lipinski definition) is 2. The lowest BCUT2D eigenvalue weighted by Gasteiger charge is -2.22. The van der Waals surface area contributed by atoms with E-state index in [2.05, 4.69) is 44.3 Å². The van der Waals surface area contributed by atoms with Crippen LogP contribution in [0, 0.1) is 0 Å². The van der Waals surface area contributed by atoms with Gasteiger partial charge in [-0.25, -0.2) is 0 Å². The van der Waals surface area contributed by atoms with E-state index in [1.807, 2.05) is 0 Å². The van der Waals surface area contributed by atoms with Gasteiger partial charge in [-0.05, 0) is 73.4 Å². The van der Waals surface area contributed by atoms with Crippen LogP contribution in [0.4, 0.5) is 0 Å². The normalized spacial score (nSPS) is 14.5. The molecule has 0 unspecified atom stereocenters. The van der Waals surface area contributed by atoms with E-state index in [0.29, 0.717) is 5.92 Å². The van der Waals surface area contributed by atoms with Crippen molar-refractivity contribution >= 4 is 10.9 Å². The molecular formula is C20H28N2. The zero-order valence-electron chi connectivity index (χ0n) is 14.2. The van der Waals surface area contributed by atoms with E-state index in [1.165, 1.54) is 59.0 Å². The van der Waals surface area contributed by atoms with Crippen LogP contribution in [0.1, 0.15) is 68.3 Å². The van der Waals surface area contributed by atoms with Crippen LogP contribution in [-0.2, 0) is 19.4 Å². The molecule has 0 fully saturated rings. The maximum atomic E-state index is 4.98. The van der Waals surface area contributed by atoms with Gasteiger partial charge in [0, 0.05) is 17.6 Å². The van der Waals surface area contributed by atoms with Crippen LogP contribution < -0.4 is 5.32 Å². The van der Waals surface area contributed by atoms with Gasteiger partial charge in [0.2, 0.25) is 0 Å². The quantitative estimate of drug-likeness (QED) is 0.806. The minimum Gasteiger partial charge on any atom is -0.313 e. The van der Waals surface area contributed by atoms with Gasteiger partial charge in [-0.3, -0.25) is 4.98 Å². The van der Waals surface area contributed by atoms with E-state index in [-0.39, 0.29) is 0 Å². The molecule has 0 saturated heterocycles. The fourth-order valence-corrected chi connectivity index (χ4v) is 3.49. The predicted molar refractivity (Wildman–Crippen MR) is 94.5 cm³/mol. The Morgan fingerprint density at radius 2 is 2.00 bits per heavy atom. The molecule has 118 valence electrons. The molecule has 2 aromatic rings. The number of benzene rings is 1. The number of aromatic nitrogens is 1. The first-order valence-corrected chi connectivity index (χ1v) is 8.85. The van der Waals surface area contributed by atoms with Gasteiger partial charge in [0.25, 0.3) is 0 Å². The van der Waals surface area contributed by atoms with Gasteiger partial charge in [0.15, 0.2) is 0 Å². The van der Waals surface area contributed by atoms with E-state index in [9.17, 15) is 0 Å². The number of nitrogens with zero attached hydrogens (tertiary/aromatic N) is 1. The van der Waals surface area contributed by atoms with Crippen molar-refractivity contribution in [2.24, 2.45) is 0 Å². The lowest BCUT2D eigenvalue weighted by Crippen LogP contribution is -2.18. The third kappa shape index (κ3) is 3.03. The summed E-state index contributed by atoms with van der Waals surface area (Å²) in [4.78, 5) is 4.98. The van der Waals surface area contributed by atoms with Crippen LogP contribution in [0.2, 0.25) is 0 Å². The molecule has 0 saturated carbocycles. The summed E-state index contributed by atoms with van der Waals surface area (Å²) < 4.78 is 0. The highest BCUT2D eigenvalue weighted by Crippen LogP contribution is 2.31. The number of fused-ring (bicyclic) bond motifs is 2. The number of nitrogens with one attached hydrogen (secondary N) is 1. The molecule has 1 aliphatic rings. The van der Waals surface area contributed by atoms with Crippen molar-refractivity contribution in [3.05, 3.63) is 40.6 Å². The van der Waals surface area contributed by atoms with Gasteiger partial charge < -0.3 is 5.32 Å². The first-order valence-electron chi connectivity index (χ1n) is 8.85. The van der Waals surface area contributed by atoms with Crippen molar-refractivity contribution in [3.8, 4) is 0 Å². The zero-order chi connectivity index (χ0) is 15.5. The van der Waals surface area contributed by atoms with E-state index in [0.717, 1.165) is 19.5 Å². The maximum absolute atomic E-state index is 4.98. The average molecular weight is 296 g/mol. The summed E-state index contributed by atoms with van der Waals surface area (Å²) >= 11 is 0. The van der Waals surface area contributed by atoms with Crippen molar-refractivity contribution in [3.63, 3.8) is 0 Å². The van der Waals surface area contributed by atoms with Crippen molar-refractivity contribution in [2.75, 3.05) is 6.54 Å². The molecule has 1 aliphatic carbocycles. The Morgan fingerprint density at radius 1 is 1.18 bits per heavy atom. The largest absolute Gasteiger partial charge is 0.313 e. The highest BCUT2D eigenvalue weighted by Gasteiger charge is 2.18. The number of rotatable bonds is 5. The highest BCUT2D eigenvalue weighted by atomic mass is 14.8. The average Bonchev–Trinajstić information content (AvgIpc) is 2.53. The summed E-state index contributed by atoms with van der Waals surface area (Å²) in [5.74, 6) is 0.567. The van der Waals surface area contributed by atoms with Crippen LogP contribution in [0.25, 0.3) is 10.9 Å². The Morgan fingerprint density at radius 3 is 2.77 bits per heavy atom. The van der Waals surface area contributed by atoms with Crippen molar-refractivity contribution < 1.29 is 0 Å². The summed E-state index contributed by atoms with van der Waals surface area (Å²) in [6, 6.07) is 6.85. The van der Waals surface area contributed by atoms with E-state index in [4.69, 9.17) is 4.98 Å². The summed E-state index contributed by atoms with van der Waals surface area (Å²) in [6.45, 7) is 8.83. The van der Waals surface area contributed by atoms with Crippen LogP contribution in [0.5, 0.6) is 0 Å². The topological polar surface area (TPSA) is 24.9 Å². The molecule has 0 amide bonds. The zero-order valence-corrected chi connectivity index (χ0v) is 14.2. The van der Waals surface area contributed by atoms with Crippen LogP contribution in [0.3, 0.4) is 0 Å². The minimum absolute atomic E-state index is 0.567. The second kappa shape index (κ2) is 6.78. The SMILES string of the molecule is CCCNCc1c2c(nc3ccc(C(C)C)cc13)CCCC2. The Bertz CT molecular complexity index is 658. The first kappa shape index (κ1) is 15.5. The Kier molecular flexibility index (Phi) is 4.77. The fourth-order valence-electron chi connectivity index (χ4n) is 3.49. The third-order valence-electron chi connectivity index (χ3n) is 4.80.